The van der Waals surface area contributed by atoms with Crippen LogP contribution in [0.5, 0.6) is 0 Å². The molecule has 0 aromatic heterocycles. The number of rotatable bonds is 5. The number of hydrogen-bond donors (Lipinski definition) is 0. The Balaban J connectivity index is 1.82. The summed E-state index contributed by atoms with van der Waals surface area (Å²) in [6, 6.07) is 10.5. The van der Waals surface area contributed by atoms with Crippen LogP contribution >= 0.6 is 0 Å². The Kier molecular flexibility index (Phi) is 4.22. The molecule has 1 aliphatic rings. The van der Waals surface area contributed by atoms with Crippen molar-refractivity contribution in [2.24, 2.45) is 5.41 Å². The second-order valence-corrected chi connectivity index (χ2v) is 5.37. The molecule has 94 valence electrons. The van der Waals surface area contributed by atoms with Crippen LogP contribution in [0.4, 0.5) is 0 Å². The van der Waals surface area contributed by atoms with Crippen molar-refractivity contribution in [1.82, 2.24) is 0 Å². The van der Waals surface area contributed by atoms with Crippen LogP contribution in [0.25, 0.3) is 0 Å². The molecule has 0 aliphatic heterocycles. The summed E-state index contributed by atoms with van der Waals surface area (Å²) in [5.41, 5.74) is 1.86. The van der Waals surface area contributed by atoms with Gasteiger partial charge in [-0.2, -0.15) is 0 Å². The topological polar surface area (TPSA) is 9.23 Å². The third-order valence-corrected chi connectivity index (χ3v) is 4.49. The molecule has 0 radical (unpaired) electrons. The van der Waals surface area contributed by atoms with Gasteiger partial charge in [-0.25, -0.2) is 0 Å². The molecular formula is C16H24O. The molecule has 0 saturated heterocycles. The standard InChI is InChI=1S/C16H24O/c1-3-16(4-2)11-10-15(12-16)17-13-14-8-6-5-7-9-14/h5-9,15H,3-4,10-13H2,1-2H3. The minimum absolute atomic E-state index is 0.482. The van der Waals surface area contributed by atoms with E-state index in [0.29, 0.717) is 11.5 Å². The largest absolute Gasteiger partial charge is 0.374 e. The summed E-state index contributed by atoms with van der Waals surface area (Å²) < 4.78 is 6.05. The van der Waals surface area contributed by atoms with E-state index in [1.165, 1.54) is 37.7 Å². The lowest BCUT2D eigenvalue weighted by molar-refractivity contribution is 0.0357. The first-order valence-electron chi connectivity index (χ1n) is 6.93. The molecule has 1 heteroatoms. The van der Waals surface area contributed by atoms with Crippen molar-refractivity contribution in [3.63, 3.8) is 0 Å². The van der Waals surface area contributed by atoms with Gasteiger partial charge in [0.1, 0.15) is 0 Å². The smallest absolute Gasteiger partial charge is 0.0720 e. The van der Waals surface area contributed by atoms with Crippen molar-refractivity contribution in [2.75, 3.05) is 0 Å². The molecule has 1 aliphatic carbocycles. The lowest BCUT2D eigenvalue weighted by atomic mass is 9.81. The molecule has 17 heavy (non-hydrogen) atoms. The van der Waals surface area contributed by atoms with E-state index in [2.05, 4.69) is 44.2 Å². The Morgan fingerprint density at radius 3 is 2.47 bits per heavy atom. The van der Waals surface area contributed by atoms with Gasteiger partial charge in [0.05, 0.1) is 12.7 Å². The number of hydrogen-bond acceptors (Lipinski definition) is 1. The lowest BCUT2D eigenvalue weighted by Gasteiger charge is -2.26. The highest BCUT2D eigenvalue weighted by Crippen LogP contribution is 2.44. The fourth-order valence-electron chi connectivity index (χ4n) is 2.98. The minimum Gasteiger partial charge on any atom is -0.374 e. The van der Waals surface area contributed by atoms with E-state index in [1.807, 2.05) is 0 Å². The molecule has 1 saturated carbocycles. The zero-order valence-corrected chi connectivity index (χ0v) is 11.1. The number of benzene rings is 1. The van der Waals surface area contributed by atoms with E-state index in [-0.39, 0.29) is 0 Å². The predicted molar refractivity (Wildman–Crippen MR) is 71.9 cm³/mol. The molecule has 1 atom stereocenters. The van der Waals surface area contributed by atoms with E-state index in [4.69, 9.17) is 4.74 Å². The second kappa shape index (κ2) is 5.68. The SMILES string of the molecule is CCC1(CC)CCC(OCc2ccccc2)C1. The molecule has 1 fully saturated rings. The molecule has 1 nitrogen and oxygen atoms in total. The van der Waals surface area contributed by atoms with Gasteiger partial charge in [-0.05, 0) is 30.2 Å². The third kappa shape index (κ3) is 3.10. The maximum atomic E-state index is 6.05. The molecular weight excluding hydrogens is 208 g/mol. The summed E-state index contributed by atoms with van der Waals surface area (Å²) in [5, 5.41) is 0. The Hall–Kier alpha value is -0.820. The van der Waals surface area contributed by atoms with Gasteiger partial charge >= 0.3 is 0 Å². The minimum atomic E-state index is 0.482. The van der Waals surface area contributed by atoms with E-state index >= 15 is 0 Å². The molecule has 1 aromatic rings. The summed E-state index contributed by atoms with van der Waals surface area (Å²) in [7, 11) is 0. The highest BCUT2D eigenvalue weighted by Gasteiger charge is 2.36. The summed E-state index contributed by atoms with van der Waals surface area (Å²) >= 11 is 0. The molecule has 0 N–H and O–H groups in total. The van der Waals surface area contributed by atoms with Gasteiger partial charge in [-0.15, -0.1) is 0 Å². The van der Waals surface area contributed by atoms with E-state index in [1.54, 1.807) is 0 Å². The van der Waals surface area contributed by atoms with E-state index in [0.717, 1.165) is 6.61 Å². The van der Waals surface area contributed by atoms with E-state index < -0.39 is 0 Å². The van der Waals surface area contributed by atoms with Crippen LogP contribution in [0.15, 0.2) is 30.3 Å². The van der Waals surface area contributed by atoms with Gasteiger partial charge in [0.15, 0.2) is 0 Å². The van der Waals surface area contributed by atoms with Gasteiger partial charge in [0, 0.05) is 0 Å². The Bertz CT molecular complexity index is 327. The molecule has 0 heterocycles. The zero-order chi connectivity index (χ0) is 12.1. The third-order valence-electron chi connectivity index (χ3n) is 4.49. The Morgan fingerprint density at radius 2 is 1.88 bits per heavy atom. The van der Waals surface area contributed by atoms with Crippen LogP contribution in [-0.2, 0) is 11.3 Å². The highest BCUT2D eigenvalue weighted by atomic mass is 16.5. The van der Waals surface area contributed by atoms with Crippen LogP contribution in [0.2, 0.25) is 0 Å². The second-order valence-electron chi connectivity index (χ2n) is 5.37. The van der Waals surface area contributed by atoms with Crippen molar-refractivity contribution in [3.8, 4) is 0 Å². The van der Waals surface area contributed by atoms with Crippen molar-refractivity contribution in [1.29, 1.82) is 0 Å². The molecule has 0 bridgehead atoms. The normalized spacial score (nSPS) is 22.8. The Morgan fingerprint density at radius 1 is 1.18 bits per heavy atom. The highest BCUT2D eigenvalue weighted by molar-refractivity contribution is 5.13. The van der Waals surface area contributed by atoms with Crippen LogP contribution in [0.1, 0.15) is 51.5 Å². The molecule has 1 unspecified atom stereocenters. The number of ether oxygens (including phenoxy) is 1. The average molecular weight is 232 g/mol. The summed E-state index contributed by atoms with van der Waals surface area (Å²) in [6.45, 7) is 5.42. The zero-order valence-electron chi connectivity index (χ0n) is 11.1. The molecule has 2 rings (SSSR count). The fourth-order valence-corrected chi connectivity index (χ4v) is 2.98. The van der Waals surface area contributed by atoms with E-state index in [9.17, 15) is 0 Å². The average Bonchev–Trinajstić information content (AvgIpc) is 2.82. The van der Waals surface area contributed by atoms with Crippen molar-refractivity contribution < 1.29 is 4.74 Å². The first-order chi connectivity index (χ1) is 8.28. The maximum absolute atomic E-state index is 6.05. The molecule has 0 spiro atoms. The van der Waals surface area contributed by atoms with Crippen LogP contribution < -0.4 is 0 Å². The quantitative estimate of drug-likeness (QED) is 0.723. The summed E-state index contributed by atoms with van der Waals surface area (Å²) in [5.74, 6) is 0. The summed E-state index contributed by atoms with van der Waals surface area (Å²) in [6.07, 6.45) is 6.93. The first-order valence-corrected chi connectivity index (χ1v) is 6.93. The van der Waals surface area contributed by atoms with Crippen LogP contribution in [0, 0.1) is 5.41 Å². The fraction of sp³-hybridized carbons (Fsp3) is 0.625. The van der Waals surface area contributed by atoms with Gasteiger partial charge in [0.2, 0.25) is 0 Å². The van der Waals surface area contributed by atoms with Crippen molar-refractivity contribution >= 4 is 0 Å². The van der Waals surface area contributed by atoms with Crippen molar-refractivity contribution in [3.05, 3.63) is 35.9 Å². The van der Waals surface area contributed by atoms with Gasteiger partial charge in [0.25, 0.3) is 0 Å². The van der Waals surface area contributed by atoms with Gasteiger partial charge < -0.3 is 4.74 Å². The maximum Gasteiger partial charge on any atom is 0.0720 e. The predicted octanol–water partition coefficient (Wildman–Crippen LogP) is 4.56. The van der Waals surface area contributed by atoms with Crippen molar-refractivity contribution in [2.45, 2.75) is 58.7 Å². The van der Waals surface area contributed by atoms with Gasteiger partial charge in [-0.3, -0.25) is 0 Å². The van der Waals surface area contributed by atoms with Crippen LogP contribution in [-0.4, -0.2) is 6.10 Å². The molecule has 0 amide bonds. The Labute approximate surface area is 105 Å². The summed E-state index contributed by atoms with van der Waals surface area (Å²) in [4.78, 5) is 0. The van der Waals surface area contributed by atoms with Crippen LogP contribution in [0.3, 0.4) is 0 Å². The first kappa shape index (κ1) is 12.6. The van der Waals surface area contributed by atoms with Gasteiger partial charge in [-0.1, -0.05) is 57.0 Å². The monoisotopic (exact) mass is 232 g/mol. The molecule has 1 aromatic carbocycles. The lowest BCUT2D eigenvalue weighted by Crippen LogP contribution is -2.17.